The van der Waals surface area contributed by atoms with Crippen molar-refractivity contribution in [1.82, 2.24) is 19.5 Å². The molecule has 2 heterocycles. The van der Waals surface area contributed by atoms with E-state index >= 15 is 0 Å². The van der Waals surface area contributed by atoms with Gasteiger partial charge in [-0.15, -0.1) is 0 Å². The van der Waals surface area contributed by atoms with Gasteiger partial charge < -0.3 is 0 Å². The molecule has 0 amide bonds. The summed E-state index contributed by atoms with van der Waals surface area (Å²) in [7, 11) is 0. The predicted octanol–water partition coefficient (Wildman–Crippen LogP) is 14.4. The number of aromatic nitrogens is 4. The zero-order chi connectivity index (χ0) is 43.8. The molecule has 0 radical (unpaired) electrons. The van der Waals surface area contributed by atoms with Crippen LogP contribution in [0, 0.1) is 0 Å². The summed E-state index contributed by atoms with van der Waals surface area (Å²) in [6.07, 6.45) is 14.9. The molecule has 4 nitrogen and oxygen atoms in total. The molecule has 0 fully saturated rings. The normalized spacial score (nSPS) is 16.0. The lowest BCUT2D eigenvalue weighted by atomic mass is 9.52. The molecule has 5 aliphatic carbocycles. The monoisotopic (exact) mass is 854 g/mol. The van der Waals surface area contributed by atoms with Crippen LogP contribution in [-0.2, 0) is 17.3 Å². The van der Waals surface area contributed by atoms with Gasteiger partial charge in [0, 0.05) is 16.3 Å². The number of benzene rings is 8. The quantitative estimate of drug-likeness (QED) is 0.178. The van der Waals surface area contributed by atoms with Gasteiger partial charge in [-0.05, 0) is 115 Å². The first-order chi connectivity index (χ1) is 33.3. The SMILES string of the molecule is C1=CCCC(c2nc(-c3ccccc3)nc(-n3c4ccc5c(c4c4ccc6c(c43)CCC=C6)-c3ccccc3C53c4ccccc4C4(c5ccccc5-c5ccccc54)c4ccccc43)n2)=C1. The van der Waals surface area contributed by atoms with Gasteiger partial charge in [-0.25, -0.2) is 4.98 Å². The van der Waals surface area contributed by atoms with Crippen molar-refractivity contribution in [3.05, 3.63) is 262 Å². The van der Waals surface area contributed by atoms with Crippen LogP contribution in [0.2, 0.25) is 0 Å². The van der Waals surface area contributed by atoms with Crippen LogP contribution in [0.4, 0.5) is 0 Å². The molecule has 2 spiro atoms. The Kier molecular flexibility index (Phi) is 7.56. The first-order valence-corrected chi connectivity index (χ1v) is 23.7. The molecule has 5 aliphatic rings. The highest BCUT2D eigenvalue weighted by atomic mass is 15.2. The number of aryl methyl sites for hydroxylation is 1. The Balaban J connectivity index is 1.08. The van der Waals surface area contributed by atoms with E-state index in [9.17, 15) is 0 Å². The fourth-order valence-electron chi connectivity index (χ4n) is 13.2. The fourth-order valence-corrected chi connectivity index (χ4v) is 13.2. The van der Waals surface area contributed by atoms with Crippen LogP contribution in [0.5, 0.6) is 0 Å². The minimum absolute atomic E-state index is 0.494. The van der Waals surface area contributed by atoms with E-state index in [1.165, 1.54) is 94.2 Å². The molecule has 0 bridgehead atoms. The van der Waals surface area contributed by atoms with Crippen LogP contribution < -0.4 is 0 Å². The van der Waals surface area contributed by atoms with E-state index in [-0.39, 0.29) is 0 Å². The van der Waals surface area contributed by atoms with Crippen LogP contribution in [0.3, 0.4) is 0 Å². The summed E-state index contributed by atoms with van der Waals surface area (Å²) in [5.41, 5.74) is 21.7. The first kappa shape index (κ1) is 37.1. The average molecular weight is 855 g/mol. The molecule has 2 aromatic heterocycles. The summed E-state index contributed by atoms with van der Waals surface area (Å²) in [6, 6.07) is 66.2. The molecule has 314 valence electrons. The van der Waals surface area contributed by atoms with E-state index in [4.69, 9.17) is 15.0 Å². The van der Waals surface area contributed by atoms with Crippen molar-refractivity contribution in [2.45, 2.75) is 36.5 Å². The van der Waals surface area contributed by atoms with Crippen LogP contribution in [0.25, 0.3) is 73.0 Å². The zero-order valence-electron chi connectivity index (χ0n) is 36.7. The summed E-state index contributed by atoms with van der Waals surface area (Å²) in [5.74, 6) is 2.07. The molecule has 8 aromatic carbocycles. The van der Waals surface area contributed by atoms with Gasteiger partial charge in [0.15, 0.2) is 11.6 Å². The molecular weight excluding hydrogens is 813 g/mol. The Morgan fingerprint density at radius 2 is 1.01 bits per heavy atom. The lowest BCUT2D eigenvalue weighted by Gasteiger charge is -2.48. The van der Waals surface area contributed by atoms with Crippen molar-refractivity contribution in [2.75, 3.05) is 0 Å². The number of hydrogen-bond acceptors (Lipinski definition) is 3. The summed E-state index contributed by atoms with van der Waals surface area (Å²) >= 11 is 0. The number of nitrogens with zero attached hydrogens (tertiary/aromatic N) is 4. The minimum Gasteiger partial charge on any atom is -0.277 e. The molecule has 4 heteroatoms. The van der Waals surface area contributed by atoms with E-state index in [2.05, 4.69) is 205 Å². The largest absolute Gasteiger partial charge is 0.277 e. The van der Waals surface area contributed by atoms with E-state index in [1.54, 1.807) is 0 Å². The van der Waals surface area contributed by atoms with Crippen molar-refractivity contribution >= 4 is 33.5 Å². The molecule has 0 unspecified atom stereocenters. The summed E-state index contributed by atoms with van der Waals surface area (Å²) < 4.78 is 2.39. The highest BCUT2D eigenvalue weighted by molar-refractivity contribution is 6.19. The van der Waals surface area contributed by atoms with Gasteiger partial charge in [-0.3, -0.25) is 4.57 Å². The standard InChI is InChI=1S/C63H42N4/c1-3-20-40(21-4-1)59-64-60(41-22-5-2-6-23-41)66-61(65-59)67-55-38-37-54-56(57(55)46-36-35-39-19-7-8-24-42(39)58(46)67)45-27-11-14-30-49(45)63(54)52-33-17-15-31-50(52)62(51-32-16-18-34-53(51)63)47-28-12-9-25-43(47)44-26-10-13-29-48(44)62/h1-5,7,9-22,25-38H,6,8,23-24H2. The smallest absolute Gasteiger partial charge is 0.238 e. The lowest BCUT2D eigenvalue weighted by molar-refractivity contribution is 0.633. The first-order valence-electron chi connectivity index (χ1n) is 23.7. The van der Waals surface area contributed by atoms with Crippen molar-refractivity contribution in [3.8, 4) is 39.6 Å². The van der Waals surface area contributed by atoms with E-state index in [0.717, 1.165) is 48.2 Å². The van der Waals surface area contributed by atoms with E-state index in [1.807, 2.05) is 6.07 Å². The van der Waals surface area contributed by atoms with E-state index in [0.29, 0.717) is 11.8 Å². The van der Waals surface area contributed by atoms with Crippen molar-refractivity contribution in [2.24, 2.45) is 0 Å². The summed E-state index contributed by atoms with van der Waals surface area (Å²) in [4.78, 5) is 16.1. The number of hydrogen-bond donors (Lipinski definition) is 0. The third-order valence-corrected chi connectivity index (χ3v) is 15.7. The van der Waals surface area contributed by atoms with Crippen molar-refractivity contribution in [3.63, 3.8) is 0 Å². The Hall–Kier alpha value is -8.21. The molecule has 15 rings (SSSR count). The lowest BCUT2D eigenvalue weighted by Crippen LogP contribution is -2.43. The average Bonchev–Trinajstić information content (AvgIpc) is 4.02. The van der Waals surface area contributed by atoms with Gasteiger partial charge >= 0.3 is 0 Å². The van der Waals surface area contributed by atoms with Gasteiger partial charge in [-0.1, -0.05) is 200 Å². The topological polar surface area (TPSA) is 43.6 Å². The maximum absolute atomic E-state index is 5.45. The number of rotatable bonds is 3. The molecule has 0 atom stereocenters. The van der Waals surface area contributed by atoms with Gasteiger partial charge in [0.2, 0.25) is 5.95 Å². The highest BCUT2D eigenvalue weighted by Gasteiger charge is 2.59. The van der Waals surface area contributed by atoms with Crippen molar-refractivity contribution < 1.29 is 0 Å². The van der Waals surface area contributed by atoms with Gasteiger partial charge in [-0.2, -0.15) is 9.97 Å². The molecule has 10 aromatic rings. The van der Waals surface area contributed by atoms with Crippen LogP contribution >= 0.6 is 0 Å². The third-order valence-electron chi connectivity index (χ3n) is 15.7. The number of fused-ring (bicyclic) bond motifs is 22. The fraction of sp³-hybridized carbons (Fsp3) is 0.0952. The van der Waals surface area contributed by atoms with Gasteiger partial charge in [0.25, 0.3) is 0 Å². The second kappa shape index (κ2) is 13.7. The maximum Gasteiger partial charge on any atom is 0.238 e. The molecule has 0 saturated heterocycles. The van der Waals surface area contributed by atoms with Crippen molar-refractivity contribution in [1.29, 1.82) is 0 Å². The van der Waals surface area contributed by atoms with Crippen LogP contribution in [0.15, 0.2) is 200 Å². The van der Waals surface area contributed by atoms with Gasteiger partial charge in [0.1, 0.15) is 0 Å². The molecular formula is C63H42N4. The highest BCUT2D eigenvalue weighted by Crippen LogP contribution is 2.68. The van der Waals surface area contributed by atoms with Crippen LogP contribution in [-0.4, -0.2) is 19.5 Å². The zero-order valence-corrected chi connectivity index (χ0v) is 36.7. The molecule has 0 saturated carbocycles. The second-order valence-corrected chi connectivity index (χ2v) is 18.7. The molecule has 0 aliphatic heterocycles. The molecule has 0 N–H and O–H groups in total. The minimum atomic E-state index is -0.599. The van der Waals surface area contributed by atoms with Crippen LogP contribution in [0.1, 0.15) is 80.7 Å². The summed E-state index contributed by atoms with van der Waals surface area (Å²) in [6.45, 7) is 0. The predicted molar refractivity (Wildman–Crippen MR) is 271 cm³/mol. The Morgan fingerprint density at radius 1 is 0.448 bits per heavy atom. The Bertz CT molecular complexity index is 3790. The Labute approximate surface area is 389 Å². The Morgan fingerprint density at radius 3 is 1.67 bits per heavy atom. The van der Waals surface area contributed by atoms with Gasteiger partial charge in [0.05, 0.1) is 21.9 Å². The summed E-state index contributed by atoms with van der Waals surface area (Å²) in [5, 5.41) is 2.47. The number of allylic oxidation sites excluding steroid dienone is 5. The third kappa shape index (κ3) is 4.69. The second-order valence-electron chi connectivity index (χ2n) is 18.7. The maximum atomic E-state index is 5.45. The molecule has 67 heavy (non-hydrogen) atoms. The van der Waals surface area contributed by atoms with E-state index < -0.39 is 10.8 Å².